The fourth-order valence-electron chi connectivity index (χ4n) is 2.76. The summed E-state index contributed by atoms with van der Waals surface area (Å²) in [7, 11) is 0. The molecule has 1 aromatic rings. The highest BCUT2D eigenvalue weighted by Crippen LogP contribution is 2.30. The Bertz CT molecular complexity index is 377. The highest BCUT2D eigenvalue weighted by Gasteiger charge is 2.23. The summed E-state index contributed by atoms with van der Waals surface area (Å²) in [5.41, 5.74) is 1.35. The van der Waals surface area contributed by atoms with Crippen molar-refractivity contribution in [3.63, 3.8) is 0 Å². The normalized spacial score (nSPS) is 18.4. The quantitative estimate of drug-likeness (QED) is 0.642. The van der Waals surface area contributed by atoms with Crippen molar-refractivity contribution in [2.24, 2.45) is 0 Å². The van der Waals surface area contributed by atoms with Crippen LogP contribution in [0.4, 0.5) is 0 Å². The Balaban J connectivity index is 2.10. The van der Waals surface area contributed by atoms with E-state index in [-0.39, 0.29) is 0 Å². The van der Waals surface area contributed by atoms with Crippen molar-refractivity contribution in [3.05, 3.63) is 28.5 Å². The number of unbranched alkanes of at least 4 members (excludes halogenated alkanes) is 2. The summed E-state index contributed by atoms with van der Waals surface area (Å²) in [6.45, 7) is 6.74. The van der Waals surface area contributed by atoms with Gasteiger partial charge in [-0.1, -0.05) is 32.3 Å². The van der Waals surface area contributed by atoms with Crippen LogP contribution in [-0.4, -0.2) is 36.1 Å². The summed E-state index contributed by atoms with van der Waals surface area (Å²) in [5, 5.41) is 3.43. The summed E-state index contributed by atoms with van der Waals surface area (Å²) in [5.74, 6) is 0. The predicted molar refractivity (Wildman–Crippen MR) is 83.3 cm³/mol. The zero-order chi connectivity index (χ0) is 13.5. The summed E-state index contributed by atoms with van der Waals surface area (Å²) < 4.78 is 1.01. The van der Waals surface area contributed by atoms with Crippen LogP contribution in [0.3, 0.4) is 0 Å². The molecular formula is C15H24BrN3. The molecule has 0 aromatic carbocycles. The van der Waals surface area contributed by atoms with Crippen molar-refractivity contribution >= 4 is 15.9 Å². The van der Waals surface area contributed by atoms with Crippen LogP contribution in [-0.2, 0) is 0 Å². The van der Waals surface area contributed by atoms with E-state index in [4.69, 9.17) is 0 Å². The Morgan fingerprint density at radius 1 is 1.37 bits per heavy atom. The number of aromatic nitrogens is 1. The maximum absolute atomic E-state index is 4.40. The standard InChI is InChI=1S/C15H24BrN3/c1-2-3-4-7-14(19-11-9-17-10-12-19)13-6-5-8-18-15(13)16/h5-6,8,14,17H,2-4,7,9-12H2,1H3/t14-/m0/s1. The SMILES string of the molecule is CCCCC[C@@H](c1cccnc1Br)N1CCNCC1. The molecule has 19 heavy (non-hydrogen) atoms. The Hall–Kier alpha value is -0.450. The summed E-state index contributed by atoms with van der Waals surface area (Å²) in [6, 6.07) is 4.78. The predicted octanol–water partition coefficient (Wildman–Crippen LogP) is 3.37. The van der Waals surface area contributed by atoms with E-state index >= 15 is 0 Å². The molecule has 0 unspecified atom stereocenters. The lowest BCUT2D eigenvalue weighted by Gasteiger charge is -2.35. The van der Waals surface area contributed by atoms with Crippen LogP contribution in [0.2, 0.25) is 0 Å². The number of hydrogen-bond donors (Lipinski definition) is 1. The molecule has 4 heteroatoms. The fourth-order valence-corrected chi connectivity index (χ4v) is 3.28. The zero-order valence-electron chi connectivity index (χ0n) is 11.7. The van der Waals surface area contributed by atoms with Gasteiger partial charge in [-0.3, -0.25) is 4.90 Å². The van der Waals surface area contributed by atoms with Gasteiger partial charge in [0.05, 0.1) is 0 Å². The van der Waals surface area contributed by atoms with Gasteiger partial charge in [-0.2, -0.15) is 0 Å². The Morgan fingerprint density at radius 2 is 2.16 bits per heavy atom. The molecule has 1 aliphatic rings. The lowest BCUT2D eigenvalue weighted by Crippen LogP contribution is -2.45. The number of piperazine rings is 1. The molecule has 0 spiro atoms. The maximum atomic E-state index is 4.40. The van der Waals surface area contributed by atoms with Crippen LogP contribution in [0.5, 0.6) is 0 Å². The van der Waals surface area contributed by atoms with E-state index < -0.39 is 0 Å². The molecule has 1 atom stereocenters. The van der Waals surface area contributed by atoms with Crippen molar-refractivity contribution in [3.8, 4) is 0 Å². The smallest absolute Gasteiger partial charge is 0.110 e. The van der Waals surface area contributed by atoms with E-state index in [1.165, 1.54) is 31.2 Å². The lowest BCUT2D eigenvalue weighted by atomic mass is 9.99. The van der Waals surface area contributed by atoms with E-state index in [0.717, 1.165) is 30.8 Å². The van der Waals surface area contributed by atoms with E-state index in [1.807, 2.05) is 6.20 Å². The molecule has 2 heterocycles. The molecule has 1 N–H and O–H groups in total. The van der Waals surface area contributed by atoms with Crippen LogP contribution in [0, 0.1) is 0 Å². The van der Waals surface area contributed by atoms with Crippen molar-refractivity contribution in [1.82, 2.24) is 15.2 Å². The molecule has 1 aliphatic heterocycles. The first-order valence-corrected chi connectivity index (χ1v) is 8.17. The third kappa shape index (κ3) is 4.26. The van der Waals surface area contributed by atoms with Crippen molar-refractivity contribution in [1.29, 1.82) is 0 Å². The number of pyridine rings is 1. The minimum Gasteiger partial charge on any atom is -0.314 e. The topological polar surface area (TPSA) is 28.2 Å². The number of nitrogens with zero attached hydrogens (tertiary/aromatic N) is 2. The molecule has 3 nitrogen and oxygen atoms in total. The van der Waals surface area contributed by atoms with Crippen molar-refractivity contribution in [2.45, 2.75) is 38.6 Å². The van der Waals surface area contributed by atoms with Gasteiger partial charge in [0.2, 0.25) is 0 Å². The third-order valence-corrected chi connectivity index (χ3v) is 4.48. The van der Waals surface area contributed by atoms with Crippen LogP contribution >= 0.6 is 15.9 Å². The molecule has 1 aromatic heterocycles. The second-order valence-corrected chi connectivity index (χ2v) is 5.93. The first-order chi connectivity index (χ1) is 9.33. The number of hydrogen-bond acceptors (Lipinski definition) is 3. The summed E-state index contributed by atoms with van der Waals surface area (Å²) in [6.07, 6.45) is 6.99. The first-order valence-electron chi connectivity index (χ1n) is 7.38. The largest absolute Gasteiger partial charge is 0.314 e. The monoisotopic (exact) mass is 325 g/mol. The second kappa shape index (κ2) is 7.98. The van der Waals surface area contributed by atoms with E-state index in [1.54, 1.807) is 0 Å². The molecule has 106 valence electrons. The number of halogens is 1. The highest BCUT2D eigenvalue weighted by molar-refractivity contribution is 9.10. The molecule has 0 bridgehead atoms. The molecule has 1 fully saturated rings. The summed E-state index contributed by atoms with van der Waals surface area (Å²) in [4.78, 5) is 7.00. The van der Waals surface area contributed by atoms with E-state index in [2.05, 4.69) is 50.2 Å². The Kier molecular flexibility index (Phi) is 6.28. The van der Waals surface area contributed by atoms with Gasteiger partial charge in [0.1, 0.15) is 4.60 Å². The van der Waals surface area contributed by atoms with Crippen LogP contribution in [0.15, 0.2) is 22.9 Å². The van der Waals surface area contributed by atoms with Crippen LogP contribution in [0.1, 0.15) is 44.2 Å². The molecule has 1 saturated heterocycles. The van der Waals surface area contributed by atoms with Crippen LogP contribution in [0.25, 0.3) is 0 Å². The molecule has 2 rings (SSSR count). The fraction of sp³-hybridized carbons (Fsp3) is 0.667. The second-order valence-electron chi connectivity index (χ2n) is 5.18. The van der Waals surface area contributed by atoms with Gasteiger partial charge in [0, 0.05) is 44.0 Å². The Labute approximate surface area is 124 Å². The van der Waals surface area contributed by atoms with Gasteiger partial charge in [-0.05, 0) is 28.4 Å². The highest BCUT2D eigenvalue weighted by atomic mass is 79.9. The van der Waals surface area contributed by atoms with Gasteiger partial charge in [0.25, 0.3) is 0 Å². The molecule has 0 aliphatic carbocycles. The van der Waals surface area contributed by atoms with E-state index in [0.29, 0.717) is 6.04 Å². The molecule has 0 radical (unpaired) electrons. The molecule has 0 amide bonds. The Morgan fingerprint density at radius 3 is 2.84 bits per heavy atom. The zero-order valence-corrected chi connectivity index (χ0v) is 13.3. The first kappa shape index (κ1) is 14.9. The van der Waals surface area contributed by atoms with Gasteiger partial charge in [0.15, 0.2) is 0 Å². The lowest BCUT2D eigenvalue weighted by molar-refractivity contribution is 0.162. The maximum Gasteiger partial charge on any atom is 0.110 e. The molecular weight excluding hydrogens is 302 g/mol. The van der Waals surface area contributed by atoms with Gasteiger partial charge < -0.3 is 5.32 Å². The van der Waals surface area contributed by atoms with Crippen molar-refractivity contribution < 1.29 is 0 Å². The average molecular weight is 326 g/mol. The third-order valence-electron chi connectivity index (χ3n) is 3.82. The summed E-state index contributed by atoms with van der Waals surface area (Å²) >= 11 is 3.62. The molecule has 0 saturated carbocycles. The average Bonchev–Trinajstić information content (AvgIpc) is 2.46. The minimum atomic E-state index is 0.511. The van der Waals surface area contributed by atoms with Gasteiger partial charge in [-0.25, -0.2) is 4.98 Å². The number of rotatable bonds is 6. The van der Waals surface area contributed by atoms with Gasteiger partial charge in [-0.15, -0.1) is 0 Å². The van der Waals surface area contributed by atoms with E-state index in [9.17, 15) is 0 Å². The van der Waals surface area contributed by atoms with Gasteiger partial charge >= 0.3 is 0 Å². The minimum absolute atomic E-state index is 0.511. The number of nitrogens with one attached hydrogen (secondary N) is 1. The van der Waals surface area contributed by atoms with Crippen LogP contribution < -0.4 is 5.32 Å². The van der Waals surface area contributed by atoms with Crippen molar-refractivity contribution in [2.75, 3.05) is 26.2 Å².